The fourth-order valence-corrected chi connectivity index (χ4v) is 5.10. The molecule has 0 aliphatic carbocycles. The maximum atomic E-state index is 13.1. The molecule has 1 saturated heterocycles. The monoisotopic (exact) mass is 487 g/mol. The summed E-state index contributed by atoms with van der Waals surface area (Å²) in [6, 6.07) is 26.7. The van der Waals surface area contributed by atoms with Crippen LogP contribution in [0.3, 0.4) is 0 Å². The van der Waals surface area contributed by atoms with Gasteiger partial charge in [-0.05, 0) is 49.2 Å². The van der Waals surface area contributed by atoms with Gasteiger partial charge in [0, 0.05) is 49.2 Å². The normalized spacial score (nSPS) is 13.8. The van der Waals surface area contributed by atoms with Crippen molar-refractivity contribution >= 4 is 22.8 Å². The number of hydrogen-bond donors (Lipinski definition) is 0. The average molecular weight is 488 g/mol. The van der Waals surface area contributed by atoms with Gasteiger partial charge in [0.2, 0.25) is 0 Å². The van der Waals surface area contributed by atoms with Gasteiger partial charge in [-0.2, -0.15) is 0 Å². The first kappa shape index (κ1) is 23.0. The summed E-state index contributed by atoms with van der Waals surface area (Å²) in [5.74, 6) is 1.00. The number of hydrogen-bond acceptors (Lipinski definition) is 4. The maximum absolute atomic E-state index is 13.1. The number of rotatable bonds is 4. The molecular weight excluding hydrogens is 458 g/mol. The van der Waals surface area contributed by atoms with Crippen molar-refractivity contribution in [3.05, 3.63) is 108 Å². The van der Waals surface area contributed by atoms with Crippen LogP contribution in [0.4, 0.5) is 5.82 Å². The number of aromatic nitrogens is 3. The minimum Gasteiger partial charge on any atom is -0.352 e. The predicted octanol–water partition coefficient (Wildman–Crippen LogP) is 5.67. The second-order valence-corrected chi connectivity index (χ2v) is 9.66. The summed E-state index contributed by atoms with van der Waals surface area (Å²) in [4.78, 5) is 26.8. The van der Waals surface area contributed by atoms with Gasteiger partial charge in [-0.1, -0.05) is 60.2 Å². The van der Waals surface area contributed by atoms with Gasteiger partial charge >= 0.3 is 0 Å². The standard InChI is InChI=1S/C31H29N5O/c1-22-11-13-25(14-12-22)31(37)35-17-15-34(16-18-35)29-28-27(24-8-4-3-5-9-24)20-36(30(28)33-21-32-29)26-10-6-7-23(2)19-26/h3-14,19-21H,15-18H2,1-2H3. The van der Waals surface area contributed by atoms with Gasteiger partial charge in [-0.3, -0.25) is 4.79 Å². The molecule has 0 unspecified atom stereocenters. The fraction of sp³-hybridized carbons (Fsp3) is 0.194. The van der Waals surface area contributed by atoms with Crippen LogP contribution in [-0.4, -0.2) is 51.5 Å². The van der Waals surface area contributed by atoms with E-state index in [4.69, 9.17) is 9.97 Å². The Balaban J connectivity index is 1.37. The van der Waals surface area contributed by atoms with E-state index in [0.717, 1.165) is 44.8 Å². The van der Waals surface area contributed by atoms with Crippen LogP contribution in [0, 0.1) is 13.8 Å². The molecule has 6 heteroatoms. The molecule has 0 N–H and O–H groups in total. The molecule has 0 bridgehead atoms. The van der Waals surface area contributed by atoms with E-state index in [1.807, 2.05) is 42.2 Å². The Bertz CT molecular complexity index is 1570. The van der Waals surface area contributed by atoms with Gasteiger partial charge in [0.15, 0.2) is 5.65 Å². The number of benzene rings is 3. The number of nitrogens with zero attached hydrogens (tertiary/aromatic N) is 5. The molecule has 0 saturated carbocycles. The van der Waals surface area contributed by atoms with E-state index in [-0.39, 0.29) is 5.91 Å². The van der Waals surface area contributed by atoms with Crippen LogP contribution in [0.15, 0.2) is 91.4 Å². The topological polar surface area (TPSA) is 54.3 Å². The Kier molecular flexibility index (Phi) is 5.93. The van der Waals surface area contributed by atoms with Crippen LogP contribution < -0.4 is 4.90 Å². The fourth-order valence-electron chi connectivity index (χ4n) is 5.10. The van der Waals surface area contributed by atoms with Crippen molar-refractivity contribution in [2.75, 3.05) is 31.1 Å². The maximum Gasteiger partial charge on any atom is 0.253 e. The summed E-state index contributed by atoms with van der Waals surface area (Å²) < 4.78 is 2.16. The Morgan fingerprint density at radius 1 is 0.784 bits per heavy atom. The van der Waals surface area contributed by atoms with E-state index in [1.165, 1.54) is 5.56 Å². The van der Waals surface area contributed by atoms with Crippen molar-refractivity contribution in [2.45, 2.75) is 13.8 Å². The first-order chi connectivity index (χ1) is 18.1. The number of carbonyl (C=O) groups excluding carboxylic acids is 1. The van der Waals surface area contributed by atoms with Crippen molar-refractivity contribution in [1.82, 2.24) is 19.4 Å². The molecule has 0 atom stereocenters. The summed E-state index contributed by atoms with van der Waals surface area (Å²) in [6.07, 6.45) is 3.83. The SMILES string of the molecule is Cc1ccc(C(=O)N2CCN(c3ncnc4c3c(-c3ccccc3)cn4-c3cccc(C)c3)CC2)cc1. The highest BCUT2D eigenvalue weighted by molar-refractivity contribution is 6.02. The molecule has 6 nitrogen and oxygen atoms in total. The predicted molar refractivity (Wildman–Crippen MR) is 148 cm³/mol. The molecule has 6 rings (SSSR count). The number of carbonyl (C=O) groups is 1. The van der Waals surface area contributed by atoms with E-state index in [0.29, 0.717) is 26.2 Å². The lowest BCUT2D eigenvalue weighted by molar-refractivity contribution is 0.0746. The van der Waals surface area contributed by atoms with Gasteiger partial charge in [0.05, 0.1) is 5.39 Å². The Morgan fingerprint density at radius 2 is 1.54 bits per heavy atom. The Morgan fingerprint density at radius 3 is 2.27 bits per heavy atom. The highest BCUT2D eigenvalue weighted by atomic mass is 16.2. The van der Waals surface area contributed by atoms with E-state index in [9.17, 15) is 4.79 Å². The number of fused-ring (bicyclic) bond motifs is 1. The largest absolute Gasteiger partial charge is 0.352 e. The molecule has 5 aromatic rings. The molecule has 1 fully saturated rings. The molecule has 3 aromatic carbocycles. The molecule has 0 radical (unpaired) electrons. The lowest BCUT2D eigenvalue weighted by Gasteiger charge is -2.35. The summed E-state index contributed by atoms with van der Waals surface area (Å²) in [7, 11) is 0. The number of piperazine rings is 1. The molecule has 1 aliphatic heterocycles. The van der Waals surface area contributed by atoms with Crippen molar-refractivity contribution in [2.24, 2.45) is 0 Å². The first-order valence-electron chi connectivity index (χ1n) is 12.7. The summed E-state index contributed by atoms with van der Waals surface area (Å²) in [6.45, 7) is 6.87. The molecule has 1 aliphatic rings. The second kappa shape index (κ2) is 9.54. The van der Waals surface area contributed by atoms with Crippen molar-refractivity contribution in [1.29, 1.82) is 0 Å². The third-order valence-corrected chi connectivity index (χ3v) is 7.09. The summed E-state index contributed by atoms with van der Waals surface area (Å²) >= 11 is 0. The van der Waals surface area contributed by atoms with E-state index < -0.39 is 0 Å². The van der Waals surface area contributed by atoms with Crippen LogP contribution in [0.5, 0.6) is 0 Å². The highest BCUT2D eigenvalue weighted by Gasteiger charge is 2.26. The van der Waals surface area contributed by atoms with Gasteiger partial charge < -0.3 is 14.4 Å². The number of amides is 1. The molecule has 0 spiro atoms. The lowest BCUT2D eigenvalue weighted by atomic mass is 10.1. The van der Waals surface area contributed by atoms with E-state index in [1.54, 1.807) is 6.33 Å². The smallest absolute Gasteiger partial charge is 0.253 e. The number of anilines is 1. The van der Waals surface area contributed by atoms with Gasteiger partial charge in [-0.25, -0.2) is 9.97 Å². The van der Waals surface area contributed by atoms with Crippen LogP contribution in [0.2, 0.25) is 0 Å². The minimum absolute atomic E-state index is 0.0862. The average Bonchev–Trinajstić information content (AvgIpc) is 3.34. The van der Waals surface area contributed by atoms with Gasteiger partial charge in [0.25, 0.3) is 5.91 Å². The van der Waals surface area contributed by atoms with E-state index >= 15 is 0 Å². The zero-order valence-corrected chi connectivity index (χ0v) is 21.1. The third-order valence-electron chi connectivity index (χ3n) is 7.09. The Hall–Kier alpha value is -4.45. The first-order valence-corrected chi connectivity index (χ1v) is 12.7. The molecule has 37 heavy (non-hydrogen) atoms. The molecule has 1 amide bonds. The lowest BCUT2D eigenvalue weighted by Crippen LogP contribution is -2.49. The van der Waals surface area contributed by atoms with Crippen molar-refractivity contribution in [3.8, 4) is 16.8 Å². The zero-order chi connectivity index (χ0) is 25.4. The summed E-state index contributed by atoms with van der Waals surface area (Å²) in [5, 5.41) is 1.04. The van der Waals surface area contributed by atoms with Crippen molar-refractivity contribution in [3.63, 3.8) is 0 Å². The van der Waals surface area contributed by atoms with Crippen LogP contribution in [-0.2, 0) is 0 Å². The quantitative estimate of drug-likeness (QED) is 0.328. The van der Waals surface area contributed by atoms with Crippen LogP contribution in [0.25, 0.3) is 27.8 Å². The third kappa shape index (κ3) is 4.35. The van der Waals surface area contributed by atoms with E-state index in [2.05, 4.69) is 71.1 Å². The molecule has 2 aromatic heterocycles. The Labute approximate surface area is 216 Å². The minimum atomic E-state index is 0.0862. The second-order valence-electron chi connectivity index (χ2n) is 9.66. The zero-order valence-electron chi connectivity index (χ0n) is 21.1. The molecule has 184 valence electrons. The van der Waals surface area contributed by atoms with Crippen LogP contribution in [0.1, 0.15) is 21.5 Å². The van der Waals surface area contributed by atoms with Crippen molar-refractivity contribution < 1.29 is 4.79 Å². The van der Waals surface area contributed by atoms with Gasteiger partial charge in [-0.15, -0.1) is 0 Å². The molecule has 3 heterocycles. The number of aryl methyl sites for hydroxylation is 2. The summed E-state index contributed by atoms with van der Waals surface area (Å²) in [5.41, 5.74) is 7.28. The molecular formula is C31H29N5O. The van der Waals surface area contributed by atoms with Gasteiger partial charge in [0.1, 0.15) is 12.1 Å². The van der Waals surface area contributed by atoms with Crippen LogP contribution >= 0.6 is 0 Å². The highest BCUT2D eigenvalue weighted by Crippen LogP contribution is 2.37.